The number of hydrogen-bond donors (Lipinski definition) is 1. The minimum Gasteiger partial charge on any atom is -0.313 e. The highest BCUT2D eigenvalue weighted by Crippen LogP contribution is 2.57. The standard InChI is InChI=1S/C14H19F2N/c1-8-5-6-9(12(16)11(8)15)13(17-4)10-7-14(10,2)3/h5-6,10,13,17H,7H2,1-4H3. The fraction of sp³-hybridized carbons (Fsp3) is 0.571. The van der Waals surface area contributed by atoms with Gasteiger partial charge in [0.15, 0.2) is 11.6 Å². The fourth-order valence-electron chi connectivity index (χ4n) is 2.55. The molecule has 1 saturated carbocycles. The van der Waals surface area contributed by atoms with E-state index in [9.17, 15) is 8.78 Å². The molecule has 0 radical (unpaired) electrons. The molecule has 1 aliphatic rings. The highest BCUT2D eigenvalue weighted by atomic mass is 19.2. The number of benzene rings is 1. The molecule has 0 bridgehead atoms. The first-order valence-corrected chi connectivity index (χ1v) is 6.00. The Morgan fingerprint density at radius 3 is 2.35 bits per heavy atom. The van der Waals surface area contributed by atoms with Gasteiger partial charge in [0.25, 0.3) is 0 Å². The summed E-state index contributed by atoms with van der Waals surface area (Å²) in [6.07, 6.45) is 1.05. The van der Waals surface area contributed by atoms with Crippen molar-refractivity contribution in [3.8, 4) is 0 Å². The highest BCUT2D eigenvalue weighted by molar-refractivity contribution is 5.30. The third-order valence-electron chi connectivity index (χ3n) is 3.94. The van der Waals surface area contributed by atoms with Crippen LogP contribution in [-0.2, 0) is 0 Å². The van der Waals surface area contributed by atoms with Crippen molar-refractivity contribution in [1.82, 2.24) is 5.32 Å². The maximum atomic E-state index is 13.9. The lowest BCUT2D eigenvalue weighted by Gasteiger charge is -2.19. The molecular formula is C14H19F2N. The molecule has 2 rings (SSSR count). The Morgan fingerprint density at radius 2 is 1.88 bits per heavy atom. The van der Waals surface area contributed by atoms with Crippen molar-refractivity contribution in [3.63, 3.8) is 0 Å². The Morgan fingerprint density at radius 1 is 1.29 bits per heavy atom. The molecule has 3 heteroatoms. The van der Waals surface area contributed by atoms with Gasteiger partial charge in [-0.15, -0.1) is 0 Å². The second-order valence-electron chi connectivity index (χ2n) is 5.67. The number of nitrogens with one attached hydrogen (secondary N) is 1. The van der Waals surface area contributed by atoms with Crippen molar-refractivity contribution in [3.05, 3.63) is 34.9 Å². The normalized spacial score (nSPS) is 23.5. The highest BCUT2D eigenvalue weighted by Gasteiger charge is 2.50. The first-order chi connectivity index (χ1) is 7.88. The van der Waals surface area contributed by atoms with E-state index < -0.39 is 11.6 Å². The van der Waals surface area contributed by atoms with Crippen LogP contribution in [0, 0.1) is 29.9 Å². The van der Waals surface area contributed by atoms with Gasteiger partial charge in [0.2, 0.25) is 0 Å². The molecule has 0 aliphatic heterocycles. The minimum absolute atomic E-state index is 0.0971. The van der Waals surface area contributed by atoms with Gasteiger partial charge in [-0.1, -0.05) is 26.0 Å². The molecule has 1 aromatic rings. The second-order valence-corrected chi connectivity index (χ2v) is 5.67. The number of rotatable bonds is 3. The van der Waals surface area contributed by atoms with Gasteiger partial charge in [-0.2, -0.15) is 0 Å². The zero-order chi connectivity index (χ0) is 12.8. The minimum atomic E-state index is -0.721. The van der Waals surface area contributed by atoms with Gasteiger partial charge in [0, 0.05) is 11.6 Å². The molecule has 1 nitrogen and oxygen atoms in total. The van der Waals surface area contributed by atoms with Gasteiger partial charge < -0.3 is 5.32 Å². The van der Waals surface area contributed by atoms with E-state index in [-0.39, 0.29) is 11.5 Å². The van der Waals surface area contributed by atoms with Crippen LogP contribution in [0.3, 0.4) is 0 Å². The molecule has 0 spiro atoms. The third kappa shape index (κ3) is 2.08. The summed E-state index contributed by atoms with van der Waals surface area (Å²) in [5, 5.41) is 3.12. The van der Waals surface area contributed by atoms with E-state index in [0.717, 1.165) is 6.42 Å². The molecule has 1 aliphatic carbocycles. The average Bonchev–Trinajstić information content (AvgIpc) is 2.89. The van der Waals surface area contributed by atoms with Crippen molar-refractivity contribution < 1.29 is 8.78 Å². The van der Waals surface area contributed by atoms with Crippen LogP contribution in [0.1, 0.15) is 37.4 Å². The van der Waals surface area contributed by atoms with Crippen LogP contribution in [0.15, 0.2) is 12.1 Å². The van der Waals surface area contributed by atoms with E-state index in [1.54, 1.807) is 26.1 Å². The molecule has 94 valence electrons. The summed E-state index contributed by atoms with van der Waals surface area (Å²) in [7, 11) is 1.80. The van der Waals surface area contributed by atoms with Crippen LogP contribution < -0.4 is 5.32 Å². The maximum Gasteiger partial charge on any atom is 0.163 e. The Bertz CT molecular complexity index is 440. The quantitative estimate of drug-likeness (QED) is 0.850. The Hall–Kier alpha value is -0.960. The number of aryl methyl sites for hydroxylation is 1. The van der Waals surface area contributed by atoms with Crippen LogP contribution in [0.4, 0.5) is 8.78 Å². The molecule has 1 aromatic carbocycles. The molecule has 0 aromatic heterocycles. The number of halogens is 2. The van der Waals surface area contributed by atoms with Crippen LogP contribution in [0.25, 0.3) is 0 Å². The predicted molar refractivity (Wildman–Crippen MR) is 64.8 cm³/mol. The topological polar surface area (TPSA) is 12.0 Å². The summed E-state index contributed by atoms with van der Waals surface area (Å²) in [6.45, 7) is 5.90. The third-order valence-corrected chi connectivity index (χ3v) is 3.94. The van der Waals surface area contributed by atoms with E-state index in [2.05, 4.69) is 19.2 Å². The van der Waals surface area contributed by atoms with Gasteiger partial charge >= 0.3 is 0 Å². The van der Waals surface area contributed by atoms with E-state index in [0.29, 0.717) is 17.0 Å². The van der Waals surface area contributed by atoms with Gasteiger partial charge in [0.05, 0.1) is 0 Å². The molecule has 1 N–H and O–H groups in total. The van der Waals surface area contributed by atoms with Gasteiger partial charge in [-0.05, 0) is 37.3 Å². The molecular weight excluding hydrogens is 220 g/mol. The molecule has 1 fully saturated rings. The Balaban J connectivity index is 2.36. The van der Waals surface area contributed by atoms with Crippen molar-refractivity contribution in [1.29, 1.82) is 0 Å². The van der Waals surface area contributed by atoms with E-state index >= 15 is 0 Å². The van der Waals surface area contributed by atoms with Crippen LogP contribution in [-0.4, -0.2) is 7.05 Å². The lowest BCUT2D eigenvalue weighted by molar-refractivity contribution is 0.412. The SMILES string of the molecule is CNC(c1ccc(C)c(F)c1F)C1CC1(C)C. The van der Waals surface area contributed by atoms with Gasteiger partial charge in [-0.25, -0.2) is 8.78 Å². The Kier molecular flexibility index (Phi) is 2.98. The zero-order valence-corrected chi connectivity index (χ0v) is 10.8. The smallest absolute Gasteiger partial charge is 0.163 e. The number of hydrogen-bond acceptors (Lipinski definition) is 1. The fourth-order valence-corrected chi connectivity index (χ4v) is 2.55. The molecule has 0 amide bonds. The monoisotopic (exact) mass is 239 g/mol. The summed E-state index contributed by atoms with van der Waals surface area (Å²) < 4.78 is 27.5. The lowest BCUT2D eigenvalue weighted by atomic mass is 9.95. The molecule has 17 heavy (non-hydrogen) atoms. The van der Waals surface area contributed by atoms with Crippen LogP contribution in [0.2, 0.25) is 0 Å². The molecule has 0 heterocycles. The summed E-state index contributed by atoms with van der Waals surface area (Å²) >= 11 is 0. The van der Waals surface area contributed by atoms with Crippen molar-refractivity contribution >= 4 is 0 Å². The summed E-state index contributed by atoms with van der Waals surface area (Å²) in [6, 6.07) is 3.25. The first kappa shape index (κ1) is 12.5. The van der Waals surface area contributed by atoms with Gasteiger partial charge in [-0.3, -0.25) is 0 Å². The van der Waals surface area contributed by atoms with Crippen molar-refractivity contribution in [2.24, 2.45) is 11.3 Å². The van der Waals surface area contributed by atoms with E-state index in [1.807, 2.05) is 0 Å². The molecule has 2 unspecified atom stereocenters. The summed E-state index contributed by atoms with van der Waals surface area (Å²) in [5.41, 5.74) is 1.03. The molecule has 2 atom stereocenters. The predicted octanol–water partition coefficient (Wildman–Crippen LogP) is 3.58. The Labute approximate surface area is 101 Å². The summed E-state index contributed by atoms with van der Waals surface area (Å²) in [5.74, 6) is -1.04. The summed E-state index contributed by atoms with van der Waals surface area (Å²) in [4.78, 5) is 0. The van der Waals surface area contributed by atoms with Gasteiger partial charge in [0.1, 0.15) is 0 Å². The largest absolute Gasteiger partial charge is 0.313 e. The van der Waals surface area contributed by atoms with Crippen molar-refractivity contribution in [2.75, 3.05) is 7.05 Å². The first-order valence-electron chi connectivity index (χ1n) is 6.00. The van der Waals surface area contributed by atoms with E-state index in [1.165, 1.54) is 0 Å². The average molecular weight is 239 g/mol. The van der Waals surface area contributed by atoms with Crippen LogP contribution >= 0.6 is 0 Å². The van der Waals surface area contributed by atoms with Crippen LogP contribution in [0.5, 0.6) is 0 Å². The molecule has 0 saturated heterocycles. The van der Waals surface area contributed by atoms with E-state index in [4.69, 9.17) is 0 Å². The second kappa shape index (κ2) is 4.05. The van der Waals surface area contributed by atoms with Crippen molar-refractivity contribution in [2.45, 2.75) is 33.2 Å². The maximum absolute atomic E-state index is 13.9. The zero-order valence-electron chi connectivity index (χ0n) is 10.8. The lowest BCUT2D eigenvalue weighted by Crippen LogP contribution is -2.22.